The van der Waals surface area contributed by atoms with E-state index in [4.69, 9.17) is 4.42 Å². The Morgan fingerprint density at radius 2 is 1.79 bits per heavy atom. The maximum Gasteiger partial charge on any atom is 0.289 e. The maximum atomic E-state index is 12.7. The van der Waals surface area contributed by atoms with Crippen molar-refractivity contribution in [3.63, 3.8) is 0 Å². The Kier molecular flexibility index (Phi) is 4.12. The lowest BCUT2D eigenvalue weighted by Gasteiger charge is -2.21. The predicted octanol–water partition coefficient (Wildman–Crippen LogP) is 3.54. The smallest absolute Gasteiger partial charge is 0.289 e. The minimum atomic E-state index is -0.106. The number of carbonyl (C=O) groups is 2. The molecule has 1 saturated heterocycles. The van der Waals surface area contributed by atoms with Gasteiger partial charge in [-0.2, -0.15) is 0 Å². The first kappa shape index (κ1) is 15.4. The zero-order valence-corrected chi connectivity index (χ0v) is 14.6. The Labute approximate surface area is 147 Å². The molecule has 4 heterocycles. The van der Waals surface area contributed by atoms with Gasteiger partial charge in [-0.25, -0.2) is 0 Å². The van der Waals surface area contributed by atoms with Gasteiger partial charge in [0.05, 0.1) is 11.1 Å². The normalized spacial score (nSPS) is 15.7. The van der Waals surface area contributed by atoms with E-state index in [1.807, 2.05) is 22.4 Å². The topological polar surface area (TPSA) is 53.8 Å². The quantitative estimate of drug-likeness (QED) is 0.702. The summed E-state index contributed by atoms with van der Waals surface area (Å²) in [7, 11) is 0. The Balaban J connectivity index is 1.45. The number of hydrogen-bond acceptors (Lipinski definition) is 5. The first-order valence-corrected chi connectivity index (χ1v) is 9.51. The second-order valence-corrected chi connectivity index (χ2v) is 7.71. The highest BCUT2D eigenvalue weighted by molar-refractivity contribution is 7.27. The zero-order chi connectivity index (χ0) is 16.5. The number of fused-ring (bicyclic) bond motifs is 1. The van der Waals surface area contributed by atoms with Gasteiger partial charge in [0.15, 0.2) is 5.76 Å². The third-order valence-corrected chi connectivity index (χ3v) is 6.23. The second kappa shape index (κ2) is 6.41. The first-order chi connectivity index (χ1) is 11.7. The minimum absolute atomic E-state index is 0.0655. The van der Waals surface area contributed by atoms with E-state index in [0.29, 0.717) is 31.9 Å². The number of nitrogens with zero attached hydrogens (tertiary/aromatic N) is 2. The van der Waals surface area contributed by atoms with Crippen molar-refractivity contribution in [1.82, 2.24) is 9.80 Å². The van der Waals surface area contributed by atoms with Gasteiger partial charge in [0, 0.05) is 35.6 Å². The van der Waals surface area contributed by atoms with Gasteiger partial charge in [-0.1, -0.05) is 0 Å². The largest absolute Gasteiger partial charge is 0.459 e. The number of hydrogen-bond donors (Lipinski definition) is 0. The van der Waals surface area contributed by atoms with Crippen LogP contribution < -0.4 is 0 Å². The lowest BCUT2D eigenvalue weighted by molar-refractivity contribution is 0.0702. The van der Waals surface area contributed by atoms with E-state index in [1.54, 1.807) is 39.7 Å². The van der Waals surface area contributed by atoms with E-state index in [0.717, 1.165) is 20.7 Å². The third kappa shape index (κ3) is 2.85. The molecule has 7 heteroatoms. The van der Waals surface area contributed by atoms with Crippen molar-refractivity contribution in [2.24, 2.45) is 0 Å². The molecule has 0 aliphatic carbocycles. The molecule has 4 rings (SSSR count). The molecular formula is C17H16N2O3S2. The van der Waals surface area contributed by atoms with Crippen LogP contribution in [0.2, 0.25) is 0 Å². The molecule has 5 nitrogen and oxygen atoms in total. The molecule has 124 valence electrons. The van der Waals surface area contributed by atoms with Gasteiger partial charge < -0.3 is 14.2 Å². The summed E-state index contributed by atoms with van der Waals surface area (Å²) in [5.41, 5.74) is 0. The molecule has 0 unspecified atom stereocenters. The van der Waals surface area contributed by atoms with E-state index in [2.05, 4.69) is 0 Å². The van der Waals surface area contributed by atoms with E-state index in [1.165, 1.54) is 6.26 Å². The average molecular weight is 360 g/mol. The fourth-order valence-electron chi connectivity index (χ4n) is 2.91. The van der Waals surface area contributed by atoms with Crippen molar-refractivity contribution >= 4 is 43.9 Å². The molecule has 24 heavy (non-hydrogen) atoms. The number of amides is 2. The van der Waals surface area contributed by atoms with Crippen molar-refractivity contribution in [3.8, 4) is 0 Å². The first-order valence-electron chi connectivity index (χ1n) is 7.81. The average Bonchev–Trinajstić information content (AvgIpc) is 3.27. The Morgan fingerprint density at radius 1 is 1.00 bits per heavy atom. The highest BCUT2D eigenvalue weighted by Crippen LogP contribution is 2.30. The maximum absolute atomic E-state index is 12.7. The van der Waals surface area contributed by atoms with Gasteiger partial charge in [-0.3, -0.25) is 9.59 Å². The molecule has 0 aromatic carbocycles. The molecule has 0 atom stereocenters. The fourth-order valence-corrected chi connectivity index (χ4v) is 4.98. The summed E-state index contributed by atoms with van der Waals surface area (Å²) in [6.45, 7) is 2.40. The highest BCUT2D eigenvalue weighted by atomic mass is 32.1. The SMILES string of the molecule is O=C(c1ccco1)N1CCCN(C(=O)c2cc3sccc3s2)CC1. The predicted molar refractivity (Wildman–Crippen MR) is 94.8 cm³/mol. The van der Waals surface area contributed by atoms with Crippen molar-refractivity contribution in [3.05, 3.63) is 46.5 Å². The zero-order valence-electron chi connectivity index (χ0n) is 12.9. The van der Waals surface area contributed by atoms with Crippen LogP contribution in [0.1, 0.15) is 26.6 Å². The monoisotopic (exact) mass is 360 g/mol. The molecule has 3 aromatic heterocycles. The van der Waals surface area contributed by atoms with Crippen LogP contribution in [0.15, 0.2) is 40.3 Å². The number of rotatable bonds is 2. The van der Waals surface area contributed by atoms with Gasteiger partial charge in [-0.05, 0) is 36.1 Å². The molecule has 1 aliphatic rings. The van der Waals surface area contributed by atoms with E-state index >= 15 is 0 Å². The van der Waals surface area contributed by atoms with Crippen LogP contribution in [0.3, 0.4) is 0 Å². The summed E-state index contributed by atoms with van der Waals surface area (Å²) >= 11 is 3.20. The lowest BCUT2D eigenvalue weighted by Crippen LogP contribution is -2.37. The van der Waals surface area contributed by atoms with Crippen LogP contribution in [-0.2, 0) is 0 Å². The standard InChI is InChI=1S/C17H16N2O3S2/c20-16(12-3-1-9-22-12)18-5-2-6-19(8-7-18)17(21)15-11-14-13(24-15)4-10-23-14/h1,3-4,9-11H,2,5-8H2. The van der Waals surface area contributed by atoms with Crippen molar-refractivity contribution in [2.45, 2.75) is 6.42 Å². The molecule has 3 aromatic rings. The van der Waals surface area contributed by atoms with Crippen LogP contribution in [-0.4, -0.2) is 47.8 Å². The third-order valence-electron chi connectivity index (χ3n) is 4.15. The Hall–Kier alpha value is -2.12. The van der Waals surface area contributed by atoms with Gasteiger partial charge >= 0.3 is 0 Å². The molecule has 0 saturated carbocycles. The summed E-state index contributed by atoms with van der Waals surface area (Å²) in [4.78, 5) is 29.5. The number of thiophene rings is 2. The minimum Gasteiger partial charge on any atom is -0.459 e. The van der Waals surface area contributed by atoms with Crippen LogP contribution in [0.25, 0.3) is 9.40 Å². The van der Waals surface area contributed by atoms with Gasteiger partial charge in [0.25, 0.3) is 11.8 Å². The molecule has 0 bridgehead atoms. The van der Waals surface area contributed by atoms with Crippen LogP contribution >= 0.6 is 22.7 Å². The molecule has 1 fully saturated rings. The molecule has 0 spiro atoms. The number of carbonyl (C=O) groups excluding carboxylic acids is 2. The molecule has 0 radical (unpaired) electrons. The lowest BCUT2D eigenvalue weighted by atomic mass is 10.3. The summed E-state index contributed by atoms with van der Waals surface area (Å²) < 4.78 is 7.51. The van der Waals surface area contributed by atoms with E-state index < -0.39 is 0 Å². The van der Waals surface area contributed by atoms with Crippen LogP contribution in [0.4, 0.5) is 0 Å². The van der Waals surface area contributed by atoms with E-state index in [-0.39, 0.29) is 11.8 Å². The Bertz CT molecular complexity index is 837. The summed E-state index contributed by atoms with van der Waals surface area (Å²) in [6, 6.07) is 7.41. The Morgan fingerprint density at radius 3 is 2.50 bits per heavy atom. The molecule has 1 aliphatic heterocycles. The van der Waals surface area contributed by atoms with Crippen molar-refractivity contribution < 1.29 is 14.0 Å². The van der Waals surface area contributed by atoms with Gasteiger partial charge in [0.2, 0.25) is 0 Å². The number of furan rings is 1. The van der Waals surface area contributed by atoms with Crippen LogP contribution in [0, 0.1) is 0 Å². The summed E-state index contributed by atoms with van der Waals surface area (Å²) in [6.07, 6.45) is 2.28. The fraction of sp³-hybridized carbons (Fsp3) is 0.294. The van der Waals surface area contributed by atoms with Crippen LogP contribution in [0.5, 0.6) is 0 Å². The highest BCUT2D eigenvalue weighted by Gasteiger charge is 2.25. The summed E-state index contributed by atoms with van der Waals surface area (Å²) in [5.74, 6) is 0.315. The molecular weight excluding hydrogens is 344 g/mol. The van der Waals surface area contributed by atoms with Crippen molar-refractivity contribution in [2.75, 3.05) is 26.2 Å². The van der Waals surface area contributed by atoms with Gasteiger partial charge in [0.1, 0.15) is 0 Å². The molecule has 2 amide bonds. The second-order valence-electron chi connectivity index (χ2n) is 5.68. The van der Waals surface area contributed by atoms with Gasteiger partial charge in [-0.15, -0.1) is 22.7 Å². The molecule has 0 N–H and O–H groups in total. The van der Waals surface area contributed by atoms with Crippen molar-refractivity contribution in [1.29, 1.82) is 0 Å². The summed E-state index contributed by atoms with van der Waals surface area (Å²) in [5, 5.41) is 2.04. The van der Waals surface area contributed by atoms with E-state index in [9.17, 15) is 9.59 Å².